The second kappa shape index (κ2) is 6.48. The summed E-state index contributed by atoms with van der Waals surface area (Å²) >= 11 is 3.24. The first kappa shape index (κ1) is 14.5. The molecule has 3 nitrogen and oxygen atoms in total. The lowest BCUT2D eigenvalue weighted by molar-refractivity contribution is -0.120. The van der Waals surface area contributed by atoms with Gasteiger partial charge < -0.3 is 11.1 Å². The van der Waals surface area contributed by atoms with Crippen molar-refractivity contribution < 1.29 is 9.18 Å². The molecule has 2 unspecified atom stereocenters. The summed E-state index contributed by atoms with van der Waals surface area (Å²) in [5, 5.41) is 2.83. The Morgan fingerprint density at radius 3 is 2.79 bits per heavy atom. The van der Waals surface area contributed by atoms with E-state index in [0.717, 1.165) is 32.1 Å². The Morgan fingerprint density at radius 1 is 1.32 bits per heavy atom. The van der Waals surface area contributed by atoms with Gasteiger partial charge in [0.05, 0.1) is 11.6 Å². The topological polar surface area (TPSA) is 55.1 Å². The van der Waals surface area contributed by atoms with Gasteiger partial charge in [0.15, 0.2) is 0 Å². The molecule has 1 fully saturated rings. The van der Waals surface area contributed by atoms with Crippen LogP contribution in [0.5, 0.6) is 0 Å². The molecule has 0 radical (unpaired) electrons. The number of carbonyl (C=O) groups excluding carboxylic acids is 1. The lowest BCUT2D eigenvalue weighted by Crippen LogP contribution is -2.37. The average Bonchev–Trinajstić information content (AvgIpc) is 2.57. The lowest BCUT2D eigenvalue weighted by Gasteiger charge is -2.20. The summed E-state index contributed by atoms with van der Waals surface area (Å²) in [5.74, 6) is -0.558. The molecule has 104 valence electrons. The van der Waals surface area contributed by atoms with Gasteiger partial charge in [-0.15, -0.1) is 0 Å². The van der Waals surface area contributed by atoms with Crippen LogP contribution in [0.25, 0.3) is 0 Å². The molecular formula is C14H18BrFN2O. The fourth-order valence-corrected chi connectivity index (χ4v) is 2.93. The van der Waals surface area contributed by atoms with E-state index in [9.17, 15) is 9.18 Å². The standard InChI is InChI=1S/C14H18BrFN2O/c15-11-8-9(16)6-7-13(11)18-14(19)10-4-2-1-3-5-12(10)17/h6-8,10,12H,1-5,17H2,(H,18,19). The molecular weight excluding hydrogens is 311 g/mol. The number of halogens is 2. The van der Waals surface area contributed by atoms with E-state index >= 15 is 0 Å². The lowest BCUT2D eigenvalue weighted by atomic mass is 9.94. The van der Waals surface area contributed by atoms with Crippen molar-refractivity contribution >= 4 is 27.5 Å². The smallest absolute Gasteiger partial charge is 0.229 e. The summed E-state index contributed by atoms with van der Waals surface area (Å²) in [5.41, 5.74) is 6.65. The van der Waals surface area contributed by atoms with Crippen LogP contribution in [0.1, 0.15) is 32.1 Å². The molecule has 0 spiro atoms. The number of rotatable bonds is 2. The maximum absolute atomic E-state index is 13.0. The van der Waals surface area contributed by atoms with Crippen molar-refractivity contribution in [3.8, 4) is 0 Å². The van der Waals surface area contributed by atoms with E-state index in [1.54, 1.807) is 6.07 Å². The van der Waals surface area contributed by atoms with Crippen molar-refractivity contribution in [3.05, 3.63) is 28.5 Å². The van der Waals surface area contributed by atoms with Gasteiger partial charge in [0.25, 0.3) is 0 Å². The van der Waals surface area contributed by atoms with Gasteiger partial charge in [0.2, 0.25) is 5.91 Å². The van der Waals surface area contributed by atoms with Gasteiger partial charge in [-0.25, -0.2) is 4.39 Å². The van der Waals surface area contributed by atoms with E-state index in [1.165, 1.54) is 12.1 Å². The Kier molecular flexibility index (Phi) is 4.93. The van der Waals surface area contributed by atoms with Gasteiger partial charge in [-0.2, -0.15) is 0 Å². The molecule has 0 saturated heterocycles. The number of hydrogen-bond donors (Lipinski definition) is 2. The van der Waals surface area contributed by atoms with Crippen LogP contribution in [-0.2, 0) is 4.79 Å². The minimum Gasteiger partial charge on any atom is -0.327 e. The number of amides is 1. The Bertz CT molecular complexity index is 467. The van der Waals surface area contributed by atoms with E-state index in [0.29, 0.717) is 10.2 Å². The van der Waals surface area contributed by atoms with Crippen molar-refractivity contribution in [1.82, 2.24) is 0 Å². The zero-order valence-corrected chi connectivity index (χ0v) is 12.2. The normalized spacial score (nSPS) is 23.7. The minimum absolute atomic E-state index is 0.0679. The fourth-order valence-electron chi connectivity index (χ4n) is 2.48. The predicted octanol–water partition coefficient (Wildman–Crippen LogP) is 3.43. The summed E-state index contributed by atoms with van der Waals surface area (Å²) in [7, 11) is 0. The zero-order chi connectivity index (χ0) is 13.8. The average molecular weight is 329 g/mol. The molecule has 19 heavy (non-hydrogen) atoms. The molecule has 1 aromatic carbocycles. The van der Waals surface area contributed by atoms with Crippen LogP contribution in [0, 0.1) is 11.7 Å². The number of nitrogens with one attached hydrogen (secondary N) is 1. The largest absolute Gasteiger partial charge is 0.327 e. The Labute approximate surface area is 120 Å². The SMILES string of the molecule is NC1CCCCCC1C(=O)Nc1ccc(F)cc1Br. The van der Waals surface area contributed by atoms with Gasteiger partial charge >= 0.3 is 0 Å². The van der Waals surface area contributed by atoms with Crippen LogP contribution < -0.4 is 11.1 Å². The summed E-state index contributed by atoms with van der Waals surface area (Å²) in [6.45, 7) is 0. The Balaban J connectivity index is 2.07. The van der Waals surface area contributed by atoms with Crippen LogP contribution in [0.3, 0.4) is 0 Å². The van der Waals surface area contributed by atoms with E-state index < -0.39 is 0 Å². The first-order valence-electron chi connectivity index (χ1n) is 6.59. The molecule has 1 amide bonds. The third kappa shape index (κ3) is 3.76. The third-order valence-electron chi connectivity index (χ3n) is 3.60. The quantitative estimate of drug-likeness (QED) is 0.817. The van der Waals surface area contributed by atoms with Crippen LogP contribution >= 0.6 is 15.9 Å². The third-order valence-corrected chi connectivity index (χ3v) is 4.25. The Morgan fingerprint density at radius 2 is 2.05 bits per heavy atom. The van der Waals surface area contributed by atoms with E-state index in [1.807, 2.05) is 0 Å². The fraction of sp³-hybridized carbons (Fsp3) is 0.500. The highest BCUT2D eigenvalue weighted by Gasteiger charge is 2.27. The zero-order valence-electron chi connectivity index (χ0n) is 10.7. The molecule has 0 bridgehead atoms. The highest BCUT2D eigenvalue weighted by atomic mass is 79.9. The number of benzene rings is 1. The molecule has 1 aromatic rings. The molecule has 1 aliphatic carbocycles. The van der Waals surface area contributed by atoms with E-state index in [-0.39, 0.29) is 23.7 Å². The maximum atomic E-state index is 13.0. The first-order chi connectivity index (χ1) is 9.08. The summed E-state index contributed by atoms with van der Waals surface area (Å²) in [6, 6.07) is 4.14. The molecule has 2 atom stereocenters. The number of anilines is 1. The van der Waals surface area contributed by atoms with Crippen molar-refractivity contribution in [3.63, 3.8) is 0 Å². The number of carbonyl (C=O) groups is 1. The van der Waals surface area contributed by atoms with Crippen LogP contribution in [-0.4, -0.2) is 11.9 Å². The maximum Gasteiger partial charge on any atom is 0.229 e. The molecule has 5 heteroatoms. The minimum atomic E-state index is -0.337. The highest BCUT2D eigenvalue weighted by molar-refractivity contribution is 9.10. The van der Waals surface area contributed by atoms with Crippen LogP contribution in [0.4, 0.5) is 10.1 Å². The molecule has 0 aliphatic heterocycles. The van der Waals surface area contributed by atoms with Gasteiger partial charge in [0.1, 0.15) is 5.82 Å². The summed E-state index contributed by atoms with van der Waals surface area (Å²) < 4.78 is 13.5. The van der Waals surface area contributed by atoms with Crippen molar-refractivity contribution in [2.45, 2.75) is 38.1 Å². The molecule has 0 heterocycles. The summed E-state index contributed by atoms with van der Waals surface area (Å²) in [6.07, 6.45) is 4.98. The first-order valence-corrected chi connectivity index (χ1v) is 7.38. The van der Waals surface area contributed by atoms with Crippen molar-refractivity contribution in [2.24, 2.45) is 11.7 Å². The van der Waals surface area contributed by atoms with Gasteiger partial charge in [-0.3, -0.25) is 4.79 Å². The monoisotopic (exact) mass is 328 g/mol. The van der Waals surface area contributed by atoms with E-state index in [2.05, 4.69) is 21.2 Å². The van der Waals surface area contributed by atoms with Crippen molar-refractivity contribution in [2.75, 3.05) is 5.32 Å². The molecule has 2 rings (SSSR count). The molecule has 3 N–H and O–H groups in total. The second-order valence-electron chi connectivity index (χ2n) is 5.02. The van der Waals surface area contributed by atoms with Crippen molar-refractivity contribution in [1.29, 1.82) is 0 Å². The molecule has 1 aliphatic rings. The van der Waals surface area contributed by atoms with Gasteiger partial charge in [-0.1, -0.05) is 19.3 Å². The van der Waals surface area contributed by atoms with Crippen LogP contribution in [0.2, 0.25) is 0 Å². The second-order valence-corrected chi connectivity index (χ2v) is 5.88. The number of hydrogen-bond acceptors (Lipinski definition) is 2. The predicted molar refractivity (Wildman–Crippen MR) is 77.3 cm³/mol. The highest BCUT2D eigenvalue weighted by Crippen LogP contribution is 2.27. The van der Waals surface area contributed by atoms with E-state index in [4.69, 9.17) is 5.73 Å². The molecule has 0 aromatic heterocycles. The Hall–Kier alpha value is -0.940. The summed E-state index contributed by atoms with van der Waals surface area (Å²) in [4.78, 5) is 12.3. The molecule has 1 saturated carbocycles. The number of nitrogens with two attached hydrogens (primary N) is 1. The van der Waals surface area contributed by atoms with Gasteiger partial charge in [0, 0.05) is 10.5 Å². The van der Waals surface area contributed by atoms with Crippen LogP contribution in [0.15, 0.2) is 22.7 Å². The van der Waals surface area contributed by atoms with Gasteiger partial charge in [-0.05, 0) is 47.0 Å².